The van der Waals surface area contributed by atoms with Gasteiger partial charge in [-0.2, -0.15) is 5.10 Å². The first-order chi connectivity index (χ1) is 16.5. The van der Waals surface area contributed by atoms with E-state index in [0.717, 1.165) is 37.1 Å². The SMILES string of the molecule is C[C@@H](Oc1cc(-c2cnn(C3CCN(I)CC3)c2)cnc1NC(C)(C)C)c1c(Cl)ccc(F)c1Cl. The Kier molecular flexibility index (Phi) is 8.15. The summed E-state index contributed by atoms with van der Waals surface area (Å²) >= 11 is 15.0. The highest BCUT2D eigenvalue weighted by atomic mass is 127. The highest BCUT2D eigenvalue weighted by Gasteiger charge is 2.23. The lowest BCUT2D eigenvalue weighted by Crippen LogP contribution is -2.27. The van der Waals surface area contributed by atoms with Gasteiger partial charge in [-0.25, -0.2) is 12.5 Å². The monoisotopic (exact) mass is 631 g/mol. The molecule has 3 heterocycles. The lowest BCUT2D eigenvalue weighted by Gasteiger charge is -2.27. The number of aromatic nitrogens is 3. The number of pyridine rings is 1. The molecule has 1 aliphatic rings. The van der Waals surface area contributed by atoms with Crippen LogP contribution in [0.15, 0.2) is 36.8 Å². The number of nitrogens with zero attached hydrogens (tertiary/aromatic N) is 4. The lowest BCUT2D eigenvalue weighted by molar-refractivity contribution is 0.227. The number of anilines is 1. The molecular formula is C25H29Cl2FIN5O. The number of halogens is 4. The molecule has 1 aliphatic heterocycles. The van der Waals surface area contributed by atoms with E-state index in [1.807, 2.05) is 39.2 Å². The van der Waals surface area contributed by atoms with E-state index in [0.29, 0.717) is 28.2 Å². The molecule has 10 heteroatoms. The zero-order valence-corrected chi connectivity index (χ0v) is 23.8. The Labute approximate surface area is 229 Å². The summed E-state index contributed by atoms with van der Waals surface area (Å²) in [7, 11) is 0. The molecule has 0 aliphatic carbocycles. The minimum absolute atomic E-state index is 0.0433. The van der Waals surface area contributed by atoms with Crippen LogP contribution in [-0.2, 0) is 0 Å². The van der Waals surface area contributed by atoms with Gasteiger partial charge in [-0.15, -0.1) is 0 Å². The summed E-state index contributed by atoms with van der Waals surface area (Å²) in [4.78, 5) is 4.66. The molecule has 0 radical (unpaired) electrons. The third kappa shape index (κ3) is 6.39. The van der Waals surface area contributed by atoms with Gasteiger partial charge in [0, 0.05) is 75.6 Å². The smallest absolute Gasteiger partial charge is 0.169 e. The van der Waals surface area contributed by atoms with E-state index in [1.165, 1.54) is 12.1 Å². The normalized spacial score (nSPS) is 16.3. The molecule has 0 amide bonds. The van der Waals surface area contributed by atoms with Crippen LogP contribution in [0.5, 0.6) is 5.75 Å². The molecule has 2 aromatic heterocycles. The van der Waals surface area contributed by atoms with E-state index in [1.54, 1.807) is 6.92 Å². The van der Waals surface area contributed by atoms with E-state index in [4.69, 9.17) is 27.9 Å². The summed E-state index contributed by atoms with van der Waals surface area (Å²) in [5.74, 6) is 0.563. The zero-order valence-electron chi connectivity index (χ0n) is 20.2. The fourth-order valence-electron chi connectivity index (χ4n) is 4.09. The largest absolute Gasteiger partial charge is 0.482 e. The molecular weight excluding hydrogens is 603 g/mol. The Morgan fingerprint density at radius 1 is 1.17 bits per heavy atom. The van der Waals surface area contributed by atoms with Crippen LogP contribution in [0.3, 0.4) is 0 Å². The average Bonchev–Trinajstić information content (AvgIpc) is 3.27. The number of hydrogen-bond donors (Lipinski definition) is 1. The molecule has 6 nitrogen and oxygen atoms in total. The Hall–Kier alpha value is -1.62. The molecule has 1 aromatic carbocycles. The van der Waals surface area contributed by atoms with Crippen molar-refractivity contribution in [2.75, 3.05) is 18.4 Å². The Morgan fingerprint density at radius 2 is 1.89 bits per heavy atom. The second kappa shape index (κ2) is 10.8. The molecule has 188 valence electrons. The van der Waals surface area contributed by atoms with E-state index < -0.39 is 11.9 Å². The number of ether oxygens (including phenoxy) is 1. The predicted octanol–water partition coefficient (Wildman–Crippen LogP) is 7.73. The van der Waals surface area contributed by atoms with Crippen LogP contribution in [0, 0.1) is 5.82 Å². The van der Waals surface area contributed by atoms with Gasteiger partial charge in [0.2, 0.25) is 0 Å². The van der Waals surface area contributed by atoms with Crippen LogP contribution in [0.25, 0.3) is 11.1 Å². The second-order valence-electron chi connectivity index (χ2n) is 9.81. The van der Waals surface area contributed by atoms with Crippen LogP contribution in [0.2, 0.25) is 10.0 Å². The first kappa shape index (κ1) is 26.4. The van der Waals surface area contributed by atoms with Crippen molar-refractivity contribution in [3.63, 3.8) is 0 Å². The molecule has 0 unspecified atom stereocenters. The van der Waals surface area contributed by atoms with Gasteiger partial charge in [0.1, 0.15) is 11.9 Å². The predicted molar refractivity (Wildman–Crippen MR) is 148 cm³/mol. The van der Waals surface area contributed by atoms with Gasteiger partial charge in [-0.05, 0) is 58.7 Å². The van der Waals surface area contributed by atoms with Gasteiger partial charge in [0.05, 0.1) is 17.3 Å². The average molecular weight is 632 g/mol. The lowest BCUT2D eigenvalue weighted by atomic mass is 10.1. The van der Waals surface area contributed by atoms with Crippen LogP contribution >= 0.6 is 46.1 Å². The van der Waals surface area contributed by atoms with Gasteiger partial charge in [-0.3, -0.25) is 4.68 Å². The third-order valence-corrected chi connectivity index (χ3v) is 7.53. The molecule has 1 N–H and O–H groups in total. The van der Waals surface area contributed by atoms with Crippen molar-refractivity contribution >= 4 is 51.9 Å². The number of hydrogen-bond acceptors (Lipinski definition) is 5. The van der Waals surface area contributed by atoms with Gasteiger partial charge >= 0.3 is 0 Å². The quantitative estimate of drug-likeness (QED) is 0.171. The minimum Gasteiger partial charge on any atom is -0.482 e. The van der Waals surface area contributed by atoms with Crippen LogP contribution in [0.4, 0.5) is 10.2 Å². The number of nitrogens with one attached hydrogen (secondary N) is 1. The van der Waals surface area contributed by atoms with E-state index in [2.05, 4.69) is 52.3 Å². The Morgan fingerprint density at radius 3 is 2.57 bits per heavy atom. The first-order valence-electron chi connectivity index (χ1n) is 11.6. The molecule has 1 fully saturated rings. The molecule has 0 bridgehead atoms. The summed E-state index contributed by atoms with van der Waals surface area (Å²) in [5, 5.41) is 8.32. The maximum atomic E-state index is 14.1. The Bertz CT molecular complexity index is 1190. The maximum Gasteiger partial charge on any atom is 0.169 e. The van der Waals surface area contributed by atoms with Crippen molar-refractivity contribution < 1.29 is 9.13 Å². The molecule has 35 heavy (non-hydrogen) atoms. The first-order valence-corrected chi connectivity index (χ1v) is 13.3. The number of piperidine rings is 1. The van der Waals surface area contributed by atoms with Crippen molar-refractivity contribution in [3.05, 3.63) is 58.2 Å². The molecule has 0 saturated carbocycles. The Balaban J connectivity index is 1.65. The standard InChI is InChI=1S/C25H29Cl2FIN5O/c1-15(22-19(26)5-6-20(28)23(22)27)35-21-11-16(12-30-24(21)32-25(2,3)4)17-13-31-34(14-17)18-7-9-33(29)10-8-18/h5-6,11-15,18H,7-10H2,1-4H3,(H,30,32)/t15-/m1/s1. The summed E-state index contributed by atoms with van der Waals surface area (Å²) < 4.78 is 24.8. The van der Waals surface area contributed by atoms with Crippen LogP contribution in [0.1, 0.15) is 58.2 Å². The maximum absolute atomic E-state index is 14.1. The van der Waals surface area contributed by atoms with Crippen molar-refractivity contribution in [2.45, 2.75) is 58.2 Å². The number of benzene rings is 1. The zero-order chi connectivity index (χ0) is 25.3. The van der Waals surface area contributed by atoms with Crippen molar-refractivity contribution in [2.24, 2.45) is 0 Å². The van der Waals surface area contributed by atoms with Crippen molar-refractivity contribution in [1.29, 1.82) is 0 Å². The second-order valence-corrected chi connectivity index (χ2v) is 12.0. The minimum atomic E-state index is -0.607. The van der Waals surface area contributed by atoms with Crippen molar-refractivity contribution in [1.82, 2.24) is 17.9 Å². The summed E-state index contributed by atoms with van der Waals surface area (Å²) in [6.45, 7) is 10.0. The van der Waals surface area contributed by atoms with E-state index in [-0.39, 0.29) is 10.6 Å². The fraction of sp³-hybridized carbons (Fsp3) is 0.440. The fourth-order valence-corrected chi connectivity index (χ4v) is 5.33. The summed E-state index contributed by atoms with van der Waals surface area (Å²) in [5.41, 5.74) is 1.98. The molecule has 3 aromatic rings. The van der Waals surface area contributed by atoms with E-state index >= 15 is 0 Å². The van der Waals surface area contributed by atoms with Gasteiger partial charge in [0.15, 0.2) is 11.6 Å². The van der Waals surface area contributed by atoms with Gasteiger partial charge < -0.3 is 10.1 Å². The highest BCUT2D eigenvalue weighted by molar-refractivity contribution is 14.1. The highest BCUT2D eigenvalue weighted by Crippen LogP contribution is 2.38. The summed E-state index contributed by atoms with van der Waals surface area (Å²) in [6, 6.07) is 5.04. The van der Waals surface area contributed by atoms with Gasteiger partial charge in [0.25, 0.3) is 0 Å². The molecule has 1 saturated heterocycles. The molecule has 0 spiro atoms. The van der Waals surface area contributed by atoms with Crippen LogP contribution in [-0.4, -0.2) is 36.5 Å². The molecule has 1 atom stereocenters. The third-order valence-electron chi connectivity index (χ3n) is 5.85. The molecule has 4 rings (SSSR count). The van der Waals surface area contributed by atoms with Gasteiger partial charge in [-0.1, -0.05) is 23.2 Å². The number of rotatable bonds is 6. The van der Waals surface area contributed by atoms with Crippen LogP contribution < -0.4 is 10.1 Å². The topological polar surface area (TPSA) is 55.2 Å². The van der Waals surface area contributed by atoms with E-state index in [9.17, 15) is 4.39 Å². The summed E-state index contributed by atoms with van der Waals surface area (Å²) in [6.07, 6.45) is 7.26. The van der Waals surface area contributed by atoms with Crippen molar-refractivity contribution in [3.8, 4) is 16.9 Å².